The van der Waals surface area contributed by atoms with Crippen LogP contribution in [-0.4, -0.2) is 27.8 Å². The predicted molar refractivity (Wildman–Crippen MR) is 96.3 cm³/mol. The van der Waals surface area contributed by atoms with Gasteiger partial charge in [-0.05, 0) is 36.4 Å². The van der Waals surface area contributed by atoms with Gasteiger partial charge in [0.2, 0.25) is 11.8 Å². The molecule has 2 rings (SSSR count). The summed E-state index contributed by atoms with van der Waals surface area (Å²) >= 11 is 1.11. The number of thioether (sulfide) groups is 1. The van der Waals surface area contributed by atoms with Crippen molar-refractivity contribution in [2.75, 3.05) is 16.4 Å². The Balaban J connectivity index is 1.84. The lowest BCUT2D eigenvalue weighted by molar-refractivity contribution is -0.137. The van der Waals surface area contributed by atoms with E-state index in [-0.39, 0.29) is 23.3 Å². The number of aromatic nitrogens is 2. The molecule has 2 aromatic rings. The van der Waals surface area contributed by atoms with Gasteiger partial charge in [0.25, 0.3) is 0 Å². The standard InChI is InChI=1S/C17H17F3N4O2S/c1-10(2)16(26)22-13-7-8-15(24-23-13)27-9-14(25)21-12-5-3-11(4-6-12)17(18,19)20/h3-8,10H,9H2,1-2H3,(H,21,25)(H,22,23,26). The molecule has 1 aromatic carbocycles. The number of anilines is 2. The smallest absolute Gasteiger partial charge is 0.325 e. The molecule has 0 saturated carbocycles. The maximum Gasteiger partial charge on any atom is 0.416 e. The first-order valence-corrected chi connectivity index (χ1v) is 8.88. The van der Waals surface area contributed by atoms with E-state index in [4.69, 9.17) is 0 Å². The second-order valence-electron chi connectivity index (χ2n) is 5.81. The molecule has 0 radical (unpaired) electrons. The number of nitrogens with zero attached hydrogens (tertiary/aromatic N) is 2. The maximum absolute atomic E-state index is 12.5. The topological polar surface area (TPSA) is 84.0 Å². The Hall–Kier alpha value is -2.62. The van der Waals surface area contributed by atoms with Crippen LogP contribution in [0.25, 0.3) is 0 Å². The fourth-order valence-electron chi connectivity index (χ4n) is 1.81. The van der Waals surface area contributed by atoms with E-state index in [1.54, 1.807) is 26.0 Å². The number of alkyl halides is 3. The normalized spacial score (nSPS) is 11.3. The Morgan fingerprint density at radius 3 is 2.22 bits per heavy atom. The number of rotatable bonds is 6. The van der Waals surface area contributed by atoms with Gasteiger partial charge < -0.3 is 10.6 Å². The molecule has 2 amide bonds. The Bertz CT molecular complexity index is 793. The molecule has 2 N–H and O–H groups in total. The van der Waals surface area contributed by atoms with E-state index in [0.717, 1.165) is 23.9 Å². The Labute approximate surface area is 157 Å². The molecular weight excluding hydrogens is 381 g/mol. The molecule has 0 bridgehead atoms. The quantitative estimate of drug-likeness (QED) is 0.723. The van der Waals surface area contributed by atoms with Crippen molar-refractivity contribution in [1.82, 2.24) is 10.2 Å². The van der Waals surface area contributed by atoms with Gasteiger partial charge in [-0.1, -0.05) is 25.6 Å². The van der Waals surface area contributed by atoms with Crippen molar-refractivity contribution < 1.29 is 22.8 Å². The molecule has 6 nitrogen and oxygen atoms in total. The van der Waals surface area contributed by atoms with Gasteiger partial charge in [0.15, 0.2) is 5.82 Å². The van der Waals surface area contributed by atoms with Gasteiger partial charge >= 0.3 is 6.18 Å². The van der Waals surface area contributed by atoms with Crippen LogP contribution in [0.3, 0.4) is 0 Å². The van der Waals surface area contributed by atoms with Gasteiger partial charge in [-0.25, -0.2) is 0 Å². The number of amides is 2. The van der Waals surface area contributed by atoms with Crippen molar-refractivity contribution in [3.05, 3.63) is 42.0 Å². The largest absolute Gasteiger partial charge is 0.416 e. The predicted octanol–water partition coefficient (Wildman–Crippen LogP) is 3.82. The molecule has 0 unspecified atom stereocenters. The SMILES string of the molecule is CC(C)C(=O)Nc1ccc(SCC(=O)Nc2ccc(C(F)(F)F)cc2)nn1. The van der Waals surface area contributed by atoms with Crippen molar-refractivity contribution in [1.29, 1.82) is 0 Å². The summed E-state index contributed by atoms with van der Waals surface area (Å²) in [4.78, 5) is 23.5. The Morgan fingerprint density at radius 2 is 1.70 bits per heavy atom. The van der Waals surface area contributed by atoms with Crippen LogP contribution in [-0.2, 0) is 15.8 Å². The number of halogens is 3. The first-order chi connectivity index (χ1) is 12.6. The van der Waals surface area contributed by atoms with E-state index in [9.17, 15) is 22.8 Å². The minimum atomic E-state index is -4.42. The third-order valence-corrected chi connectivity index (χ3v) is 4.18. The molecule has 144 valence electrons. The third-order valence-electron chi connectivity index (χ3n) is 3.26. The summed E-state index contributed by atoms with van der Waals surface area (Å²) < 4.78 is 37.5. The van der Waals surface area contributed by atoms with Crippen LogP contribution in [0.1, 0.15) is 19.4 Å². The van der Waals surface area contributed by atoms with Gasteiger partial charge in [0, 0.05) is 11.6 Å². The molecule has 1 heterocycles. The highest BCUT2D eigenvalue weighted by Gasteiger charge is 2.29. The molecule has 0 aliphatic heterocycles. The molecule has 27 heavy (non-hydrogen) atoms. The zero-order chi connectivity index (χ0) is 20.0. The highest BCUT2D eigenvalue weighted by Crippen LogP contribution is 2.29. The number of carbonyl (C=O) groups is 2. The monoisotopic (exact) mass is 398 g/mol. The molecule has 0 fully saturated rings. The molecule has 10 heteroatoms. The van der Waals surface area contributed by atoms with Gasteiger partial charge in [0.1, 0.15) is 5.03 Å². The first kappa shape index (κ1) is 20.7. The van der Waals surface area contributed by atoms with Gasteiger partial charge in [-0.15, -0.1) is 10.2 Å². The third kappa shape index (κ3) is 6.55. The highest BCUT2D eigenvalue weighted by atomic mass is 32.2. The summed E-state index contributed by atoms with van der Waals surface area (Å²) in [6, 6.07) is 7.37. The fraction of sp³-hybridized carbons (Fsp3) is 0.294. The minimum absolute atomic E-state index is 0.00734. The van der Waals surface area contributed by atoms with E-state index in [2.05, 4.69) is 20.8 Å². The van der Waals surface area contributed by atoms with E-state index in [1.165, 1.54) is 12.1 Å². The van der Waals surface area contributed by atoms with Crippen LogP contribution in [0.4, 0.5) is 24.7 Å². The average molecular weight is 398 g/mol. The second kappa shape index (κ2) is 8.85. The summed E-state index contributed by atoms with van der Waals surface area (Å²) in [6.07, 6.45) is -4.42. The van der Waals surface area contributed by atoms with Crippen LogP contribution in [0.2, 0.25) is 0 Å². The summed E-state index contributed by atoms with van der Waals surface area (Å²) in [7, 11) is 0. The number of nitrogens with one attached hydrogen (secondary N) is 2. The minimum Gasteiger partial charge on any atom is -0.325 e. The highest BCUT2D eigenvalue weighted by molar-refractivity contribution is 7.99. The fourth-order valence-corrected chi connectivity index (χ4v) is 2.43. The van der Waals surface area contributed by atoms with E-state index < -0.39 is 17.6 Å². The van der Waals surface area contributed by atoms with Crippen LogP contribution < -0.4 is 10.6 Å². The summed E-state index contributed by atoms with van der Waals surface area (Å²) in [5.41, 5.74) is -0.513. The molecule has 0 spiro atoms. The molecule has 1 aromatic heterocycles. The van der Waals surface area contributed by atoms with Crippen molar-refractivity contribution in [2.24, 2.45) is 5.92 Å². The van der Waals surface area contributed by atoms with Crippen LogP contribution in [0, 0.1) is 5.92 Å². The van der Waals surface area contributed by atoms with E-state index in [0.29, 0.717) is 10.8 Å². The summed E-state index contributed by atoms with van der Waals surface area (Å²) in [5, 5.41) is 13.3. The molecule has 0 atom stereocenters. The van der Waals surface area contributed by atoms with Gasteiger partial charge in [-0.3, -0.25) is 9.59 Å². The summed E-state index contributed by atoms with van der Waals surface area (Å²) in [5.74, 6) is -0.436. The lowest BCUT2D eigenvalue weighted by Crippen LogP contribution is -2.18. The van der Waals surface area contributed by atoms with Crippen LogP contribution in [0.15, 0.2) is 41.4 Å². The lowest BCUT2D eigenvalue weighted by Gasteiger charge is -2.09. The Kier molecular flexibility index (Phi) is 6.78. The lowest BCUT2D eigenvalue weighted by atomic mass is 10.2. The molecule has 0 aliphatic rings. The van der Waals surface area contributed by atoms with Crippen molar-refractivity contribution in [3.8, 4) is 0 Å². The number of carbonyl (C=O) groups excluding carboxylic acids is 2. The van der Waals surface area contributed by atoms with Crippen molar-refractivity contribution in [2.45, 2.75) is 25.0 Å². The van der Waals surface area contributed by atoms with Gasteiger partial charge in [-0.2, -0.15) is 13.2 Å². The molecule has 0 saturated heterocycles. The van der Waals surface area contributed by atoms with Crippen LogP contribution in [0.5, 0.6) is 0 Å². The average Bonchev–Trinajstić information content (AvgIpc) is 2.60. The Morgan fingerprint density at radius 1 is 1.04 bits per heavy atom. The van der Waals surface area contributed by atoms with Crippen molar-refractivity contribution >= 4 is 35.1 Å². The zero-order valence-corrected chi connectivity index (χ0v) is 15.3. The maximum atomic E-state index is 12.5. The van der Waals surface area contributed by atoms with Crippen molar-refractivity contribution in [3.63, 3.8) is 0 Å². The second-order valence-corrected chi connectivity index (χ2v) is 6.81. The molecular formula is C17H17F3N4O2S. The van der Waals surface area contributed by atoms with Crippen LogP contribution >= 0.6 is 11.8 Å². The molecule has 0 aliphatic carbocycles. The van der Waals surface area contributed by atoms with E-state index in [1.807, 2.05) is 0 Å². The summed E-state index contributed by atoms with van der Waals surface area (Å²) in [6.45, 7) is 3.50. The zero-order valence-electron chi connectivity index (χ0n) is 14.5. The van der Waals surface area contributed by atoms with E-state index >= 15 is 0 Å². The first-order valence-electron chi connectivity index (χ1n) is 7.89. The number of hydrogen-bond acceptors (Lipinski definition) is 5. The number of benzene rings is 1. The van der Waals surface area contributed by atoms with Gasteiger partial charge in [0.05, 0.1) is 11.3 Å². The number of hydrogen-bond donors (Lipinski definition) is 2.